The van der Waals surface area contributed by atoms with Crippen LogP contribution in [-0.4, -0.2) is 17.3 Å². The van der Waals surface area contributed by atoms with Gasteiger partial charge in [0.25, 0.3) is 0 Å². The van der Waals surface area contributed by atoms with Crippen molar-refractivity contribution < 1.29 is 4.79 Å². The van der Waals surface area contributed by atoms with Crippen LogP contribution in [0.25, 0.3) is 0 Å². The highest BCUT2D eigenvalue weighted by Crippen LogP contribution is 2.37. The summed E-state index contributed by atoms with van der Waals surface area (Å²) < 4.78 is 1.21. The first-order valence-electron chi connectivity index (χ1n) is 5.35. The third-order valence-electron chi connectivity index (χ3n) is 2.44. The number of allylic oxidation sites excluding steroid dienone is 1. The lowest BCUT2D eigenvalue weighted by molar-refractivity contribution is 0.103. The van der Waals surface area contributed by atoms with Gasteiger partial charge in [0.2, 0.25) is 0 Å². The molecular formula is C13H14OS2. The predicted octanol–water partition coefficient (Wildman–Crippen LogP) is 3.97. The lowest BCUT2D eigenvalue weighted by Crippen LogP contribution is -2.04. The van der Waals surface area contributed by atoms with Crippen LogP contribution >= 0.6 is 23.5 Å². The van der Waals surface area contributed by atoms with Gasteiger partial charge in [0.05, 0.1) is 0 Å². The van der Waals surface area contributed by atoms with Crippen LogP contribution in [0.1, 0.15) is 23.7 Å². The molecule has 0 aliphatic carbocycles. The molecule has 0 radical (unpaired) electrons. The SMILES string of the molecule is CC(C(=O)c1ccccc1)=C1SCCCS1. The fraction of sp³-hybridized carbons (Fsp3) is 0.308. The van der Waals surface area contributed by atoms with Crippen molar-refractivity contribution in [1.29, 1.82) is 0 Å². The molecule has 1 aromatic carbocycles. The number of thioether (sulfide) groups is 2. The molecule has 1 heterocycles. The van der Waals surface area contributed by atoms with Crippen LogP contribution in [0.3, 0.4) is 0 Å². The summed E-state index contributed by atoms with van der Waals surface area (Å²) in [5.74, 6) is 2.45. The highest BCUT2D eigenvalue weighted by Gasteiger charge is 2.16. The van der Waals surface area contributed by atoms with E-state index in [-0.39, 0.29) is 5.78 Å². The molecular weight excluding hydrogens is 236 g/mol. The maximum absolute atomic E-state index is 12.2. The summed E-state index contributed by atoms with van der Waals surface area (Å²) in [6, 6.07) is 9.51. The van der Waals surface area contributed by atoms with Gasteiger partial charge in [-0.2, -0.15) is 0 Å². The summed E-state index contributed by atoms with van der Waals surface area (Å²) in [4.78, 5) is 12.2. The van der Waals surface area contributed by atoms with Gasteiger partial charge in [-0.25, -0.2) is 0 Å². The summed E-state index contributed by atoms with van der Waals surface area (Å²) in [7, 11) is 0. The first-order chi connectivity index (χ1) is 7.79. The smallest absolute Gasteiger partial charge is 0.190 e. The molecule has 84 valence electrons. The average Bonchev–Trinajstić information content (AvgIpc) is 2.39. The Morgan fingerprint density at radius 3 is 2.38 bits per heavy atom. The second kappa shape index (κ2) is 5.60. The Hall–Kier alpha value is -0.670. The first-order valence-corrected chi connectivity index (χ1v) is 7.32. The molecule has 0 N–H and O–H groups in total. The Labute approximate surface area is 105 Å². The zero-order chi connectivity index (χ0) is 11.4. The van der Waals surface area contributed by atoms with Crippen LogP contribution in [0.2, 0.25) is 0 Å². The zero-order valence-electron chi connectivity index (χ0n) is 9.23. The molecule has 1 aliphatic rings. The molecule has 0 atom stereocenters. The minimum absolute atomic E-state index is 0.164. The summed E-state index contributed by atoms with van der Waals surface area (Å²) in [5, 5.41) is 0. The van der Waals surface area contributed by atoms with Gasteiger partial charge >= 0.3 is 0 Å². The van der Waals surface area contributed by atoms with Crippen LogP contribution in [-0.2, 0) is 0 Å². The van der Waals surface area contributed by atoms with Gasteiger partial charge in [-0.3, -0.25) is 4.79 Å². The third-order valence-corrected chi connectivity index (χ3v) is 5.27. The fourth-order valence-electron chi connectivity index (χ4n) is 1.55. The van der Waals surface area contributed by atoms with Gasteiger partial charge in [0.15, 0.2) is 5.78 Å². The van der Waals surface area contributed by atoms with E-state index in [2.05, 4.69) is 0 Å². The summed E-state index contributed by atoms with van der Waals surface area (Å²) in [6.07, 6.45) is 1.24. The van der Waals surface area contributed by atoms with Crippen LogP contribution in [0.5, 0.6) is 0 Å². The fourth-order valence-corrected chi connectivity index (χ4v) is 4.13. The molecule has 0 bridgehead atoms. The molecule has 1 nitrogen and oxygen atoms in total. The molecule has 1 fully saturated rings. The molecule has 0 aromatic heterocycles. The van der Waals surface area contributed by atoms with Crippen LogP contribution in [0.4, 0.5) is 0 Å². The molecule has 0 amide bonds. The quantitative estimate of drug-likeness (QED) is 0.584. The van der Waals surface area contributed by atoms with Crippen LogP contribution < -0.4 is 0 Å². The number of hydrogen-bond acceptors (Lipinski definition) is 3. The molecule has 0 saturated carbocycles. The summed E-state index contributed by atoms with van der Waals surface area (Å²) >= 11 is 3.63. The number of hydrogen-bond donors (Lipinski definition) is 0. The Bertz CT molecular complexity index is 401. The summed E-state index contributed by atoms with van der Waals surface area (Å²) in [5.41, 5.74) is 1.69. The van der Waals surface area contributed by atoms with E-state index in [9.17, 15) is 4.79 Å². The number of benzene rings is 1. The minimum atomic E-state index is 0.164. The van der Waals surface area contributed by atoms with Gasteiger partial charge in [-0.15, -0.1) is 23.5 Å². The Morgan fingerprint density at radius 1 is 1.12 bits per heavy atom. The zero-order valence-corrected chi connectivity index (χ0v) is 10.9. The monoisotopic (exact) mass is 250 g/mol. The van der Waals surface area contributed by atoms with Crippen molar-refractivity contribution in [3.05, 3.63) is 45.7 Å². The van der Waals surface area contributed by atoms with E-state index in [4.69, 9.17) is 0 Å². The van der Waals surface area contributed by atoms with E-state index in [1.807, 2.05) is 60.8 Å². The largest absolute Gasteiger partial charge is 0.289 e. The number of rotatable bonds is 2. The topological polar surface area (TPSA) is 17.1 Å². The number of carbonyl (C=O) groups excluding carboxylic acids is 1. The number of ketones is 1. The van der Waals surface area contributed by atoms with Crippen molar-refractivity contribution in [2.75, 3.05) is 11.5 Å². The molecule has 0 unspecified atom stereocenters. The van der Waals surface area contributed by atoms with Gasteiger partial charge in [-0.05, 0) is 24.9 Å². The van der Waals surface area contributed by atoms with Crippen molar-refractivity contribution in [1.82, 2.24) is 0 Å². The molecule has 1 saturated heterocycles. The summed E-state index contributed by atoms with van der Waals surface area (Å²) in [6.45, 7) is 1.94. The van der Waals surface area contributed by atoms with E-state index in [0.717, 1.165) is 22.6 Å². The van der Waals surface area contributed by atoms with Crippen molar-refractivity contribution >= 4 is 29.3 Å². The Balaban J connectivity index is 2.21. The van der Waals surface area contributed by atoms with Gasteiger partial charge in [-0.1, -0.05) is 30.3 Å². The molecule has 1 aromatic rings. The Kier molecular flexibility index (Phi) is 4.13. The highest BCUT2D eigenvalue weighted by molar-refractivity contribution is 8.22. The molecule has 3 heteroatoms. The van der Waals surface area contributed by atoms with E-state index < -0.39 is 0 Å². The highest BCUT2D eigenvalue weighted by atomic mass is 32.2. The molecule has 16 heavy (non-hydrogen) atoms. The lowest BCUT2D eigenvalue weighted by Gasteiger charge is -2.15. The van der Waals surface area contributed by atoms with Gasteiger partial charge in [0.1, 0.15) is 0 Å². The normalized spacial score (nSPS) is 15.9. The maximum Gasteiger partial charge on any atom is 0.190 e. The van der Waals surface area contributed by atoms with Crippen molar-refractivity contribution in [3.8, 4) is 0 Å². The molecule has 1 aliphatic heterocycles. The third kappa shape index (κ3) is 2.71. The average molecular weight is 250 g/mol. The maximum atomic E-state index is 12.2. The predicted molar refractivity (Wildman–Crippen MR) is 73.0 cm³/mol. The van der Waals surface area contributed by atoms with Gasteiger partial charge < -0.3 is 0 Å². The van der Waals surface area contributed by atoms with Crippen molar-refractivity contribution in [2.45, 2.75) is 13.3 Å². The van der Waals surface area contributed by atoms with E-state index in [1.165, 1.54) is 10.7 Å². The number of carbonyl (C=O) groups is 1. The van der Waals surface area contributed by atoms with E-state index in [0.29, 0.717) is 0 Å². The van der Waals surface area contributed by atoms with E-state index in [1.54, 1.807) is 0 Å². The van der Waals surface area contributed by atoms with Crippen LogP contribution in [0.15, 0.2) is 40.1 Å². The first kappa shape index (κ1) is 11.8. The van der Waals surface area contributed by atoms with Crippen LogP contribution in [0, 0.1) is 0 Å². The standard InChI is InChI=1S/C13H14OS2/c1-10(13-15-8-5-9-16-13)12(14)11-6-3-2-4-7-11/h2-4,6-7H,5,8-9H2,1H3. The van der Waals surface area contributed by atoms with Gasteiger partial charge in [0, 0.05) is 15.4 Å². The molecule has 2 rings (SSSR count). The van der Waals surface area contributed by atoms with Crippen molar-refractivity contribution in [3.63, 3.8) is 0 Å². The molecule has 0 spiro atoms. The number of Topliss-reactive ketones (excluding diaryl/α,β-unsaturated/α-hetero) is 1. The minimum Gasteiger partial charge on any atom is -0.289 e. The second-order valence-electron chi connectivity index (χ2n) is 3.66. The lowest BCUT2D eigenvalue weighted by atomic mass is 10.1. The Morgan fingerprint density at radius 2 is 1.75 bits per heavy atom. The van der Waals surface area contributed by atoms with Crippen molar-refractivity contribution in [2.24, 2.45) is 0 Å². The second-order valence-corrected chi connectivity index (χ2v) is 6.13. The van der Waals surface area contributed by atoms with E-state index >= 15 is 0 Å².